The summed E-state index contributed by atoms with van der Waals surface area (Å²) in [6.45, 7) is 4.90. The Balaban J connectivity index is 2.41. The first-order chi connectivity index (χ1) is 7.11. The molecule has 0 aliphatic carbocycles. The Morgan fingerprint density at radius 1 is 1.40 bits per heavy atom. The van der Waals surface area contributed by atoms with Crippen LogP contribution in [0.2, 0.25) is 0 Å². The van der Waals surface area contributed by atoms with Crippen LogP contribution >= 0.6 is 15.9 Å². The van der Waals surface area contributed by atoms with E-state index >= 15 is 0 Å². The second-order valence-corrected chi connectivity index (χ2v) is 3.94. The van der Waals surface area contributed by atoms with Gasteiger partial charge in [-0.3, -0.25) is 0 Å². The summed E-state index contributed by atoms with van der Waals surface area (Å²) in [6, 6.07) is 0. The standard InChI is InChI=1S/C9H14BrN3O2/c1-6(2)14-3-4-15-9-7(10)8(11)12-5-13-9/h5-6H,3-4H2,1-2H3,(H2,11,12,13). The van der Waals surface area contributed by atoms with Crippen LogP contribution in [0.4, 0.5) is 5.82 Å². The van der Waals surface area contributed by atoms with Gasteiger partial charge in [0.25, 0.3) is 0 Å². The van der Waals surface area contributed by atoms with Crippen LogP contribution in [-0.4, -0.2) is 29.3 Å². The summed E-state index contributed by atoms with van der Waals surface area (Å²) in [5, 5.41) is 0. The van der Waals surface area contributed by atoms with Crippen LogP contribution in [0, 0.1) is 0 Å². The summed E-state index contributed by atoms with van der Waals surface area (Å²) >= 11 is 3.25. The van der Waals surface area contributed by atoms with Crippen LogP contribution in [0.5, 0.6) is 5.88 Å². The van der Waals surface area contributed by atoms with E-state index < -0.39 is 0 Å². The lowest BCUT2D eigenvalue weighted by molar-refractivity contribution is 0.0540. The number of aromatic nitrogens is 2. The van der Waals surface area contributed by atoms with Gasteiger partial charge in [0.1, 0.15) is 23.2 Å². The zero-order chi connectivity index (χ0) is 11.3. The monoisotopic (exact) mass is 275 g/mol. The lowest BCUT2D eigenvalue weighted by Gasteiger charge is -2.09. The molecule has 0 bridgehead atoms. The molecular weight excluding hydrogens is 262 g/mol. The van der Waals surface area contributed by atoms with E-state index in [9.17, 15) is 0 Å². The normalized spacial score (nSPS) is 10.7. The summed E-state index contributed by atoms with van der Waals surface area (Å²) in [6.07, 6.45) is 1.56. The van der Waals surface area contributed by atoms with Crippen molar-refractivity contribution in [2.24, 2.45) is 0 Å². The highest BCUT2D eigenvalue weighted by molar-refractivity contribution is 9.10. The van der Waals surface area contributed by atoms with Gasteiger partial charge in [0, 0.05) is 0 Å². The van der Waals surface area contributed by atoms with Gasteiger partial charge in [-0.1, -0.05) is 0 Å². The Hall–Kier alpha value is -0.880. The minimum Gasteiger partial charge on any atom is -0.474 e. The van der Waals surface area contributed by atoms with Crippen molar-refractivity contribution in [1.82, 2.24) is 9.97 Å². The topological polar surface area (TPSA) is 70.3 Å². The van der Waals surface area contributed by atoms with Gasteiger partial charge in [0.2, 0.25) is 5.88 Å². The third kappa shape index (κ3) is 4.01. The van der Waals surface area contributed by atoms with E-state index in [2.05, 4.69) is 25.9 Å². The molecule has 0 saturated carbocycles. The summed E-state index contributed by atoms with van der Waals surface area (Å²) in [5.74, 6) is 0.805. The maximum Gasteiger partial charge on any atom is 0.233 e. The number of nitrogens with two attached hydrogens (primary N) is 1. The molecule has 0 unspecified atom stereocenters. The average Bonchev–Trinajstić information content (AvgIpc) is 2.18. The zero-order valence-electron chi connectivity index (χ0n) is 8.74. The van der Waals surface area contributed by atoms with E-state index in [-0.39, 0.29) is 6.10 Å². The fourth-order valence-corrected chi connectivity index (χ4v) is 1.21. The van der Waals surface area contributed by atoms with E-state index in [4.69, 9.17) is 15.2 Å². The Morgan fingerprint density at radius 3 is 2.80 bits per heavy atom. The molecule has 0 spiro atoms. The third-order valence-corrected chi connectivity index (χ3v) is 2.30. The summed E-state index contributed by atoms with van der Waals surface area (Å²) < 4.78 is 11.3. The van der Waals surface area contributed by atoms with Gasteiger partial charge in [-0.05, 0) is 29.8 Å². The Morgan fingerprint density at radius 2 is 2.13 bits per heavy atom. The molecule has 0 amide bonds. The van der Waals surface area contributed by atoms with Gasteiger partial charge in [0.05, 0.1) is 12.7 Å². The van der Waals surface area contributed by atoms with E-state index in [0.29, 0.717) is 29.4 Å². The quantitative estimate of drug-likeness (QED) is 0.827. The number of nitrogens with zero attached hydrogens (tertiary/aromatic N) is 2. The van der Waals surface area contributed by atoms with Gasteiger partial charge in [0.15, 0.2) is 0 Å². The maximum atomic E-state index is 5.56. The van der Waals surface area contributed by atoms with Crippen molar-refractivity contribution in [3.63, 3.8) is 0 Å². The number of nitrogen functional groups attached to an aromatic ring is 1. The van der Waals surface area contributed by atoms with Gasteiger partial charge >= 0.3 is 0 Å². The Labute approximate surface area is 97.1 Å². The molecule has 5 nitrogen and oxygen atoms in total. The predicted molar refractivity (Wildman–Crippen MR) is 60.7 cm³/mol. The van der Waals surface area contributed by atoms with Crippen molar-refractivity contribution in [1.29, 1.82) is 0 Å². The summed E-state index contributed by atoms with van der Waals surface area (Å²) in [4.78, 5) is 7.74. The number of halogens is 1. The van der Waals surface area contributed by atoms with Crippen LogP contribution in [0.15, 0.2) is 10.8 Å². The highest BCUT2D eigenvalue weighted by Crippen LogP contribution is 2.25. The molecule has 1 aromatic heterocycles. The van der Waals surface area contributed by atoms with E-state index in [0.717, 1.165) is 0 Å². The van der Waals surface area contributed by atoms with Gasteiger partial charge in [-0.15, -0.1) is 0 Å². The lowest BCUT2D eigenvalue weighted by Crippen LogP contribution is -2.12. The van der Waals surface area contributed by atoms with Crippen LogP contribution in [0.3, 0.4) is 0 Å². The second-order valence-electron chi connectivity index (χ2n) is 3.15. The summed E-state index contributed by atoms with van der Waals surface area (Å²) in [7, 11) is 0. The number of anilines is 1. The fraction of sp³-hybridized carbons (Fsp3) is 0.556. The molecule has 84 valence electrons. The second kappa shape index (κ2) is 5.87. The SMILES string of the molecule is CC(C)OCCOc1ncnc(N)c1Br. The van der Waals surface area contributed by atoms with E-state index in [1.165, 1.54) is 6.33 Å². The Bertz CT molecular complexity index is 320. The number of hydrogen-bond donors (Lipinski definition) is 1. The Kier molecular flexibility index (Phi) is 4.77. The molecule has 1 heterocycles. The highest BCUT2D eigenvalue weighted by Gasteiger charge is 2.06. The van der Waals surface area contributed by atoms with Crippen molar-refractivity contribution in [3.8, 4) is 5.88 Å². The van der Waals surface area contributed by atoms with Crippen molar-refractivity contribution < 1.29 is 9.47 Å². The largest absolute Gasteiger partial charge is 0.474 e. The molecule has 6 heteroatoms. The van der Waals surface area contributed by atoms with Crippen molar-refractivity contribution in [2.75, 3.05) is 18.9 Å². The van der Waals surface area contributed by atoms with Gasteiger partial charge < -0.3 is 15.2 Å². The van der Waals surface area contributed by atoms with E-state index in [1.807, 2.05) is 13.8 Å². The minimum atomic E-state index is 0.201. The van der Waals surface area contributed by atoms with E-state index in [1.54, 1.807) is 0 Å². The van der Waals surface area contributed by atoms with Gasteiger partial charge in [-0.2, -0.15) is 0 Å². The molecule has 0 aliphatic rings. The molecule has 0 saturated heterocycles. The third-order valence-electron chi connectivity index (χ3n) is 1.56. The van der Waals surface area contributed by atoms with Crippen LogP contribution in [0.1, 0.15) is 13.8 Å². The molecule has 0 aromatic carbocycles. The molecule has 15 heavy (non-hydrogen) atoms. The lowest BCUT2D eigenvalue weighted by atomic mass is 10.5. The molecule has 0 aliphatic heterocycles. The predicted octanol–water partition coefficient (Wildman–Crippen LogP) is 1.63. The minimum absolute atomic E-state index is 0.201. The smallest absolute Gasteiger partial charge is 0.233 e. The van der Waals surface area contributed by atoms with Crippen molar-refractivity contribution in [2.45, 2.75) is 20.0 Å². The fourth-order valence-electron chi connectivity index (χ4n) is 0.889. The molecule has 0 fully saturated rings. The van der Waals surface area contributed by atoms with Crippen molar-refractivity contribution >= 4 is 21.7 Å². The number of rotatable bonds is 5. The first-order valence-corrected chi connectivity index (χ1v) is 5.41. The molecule has 0 atom stereocenters. The van der Waals surface area contributed by atoms with Gasteiger partial charge in [-0.25, -0.2) is 9.97 Å². The van der Waals surface area contributed by atoms with Crippen LogP contribution in [-0.2, 0) is 4.74 Å². The molecule has 1 aromatic rings. The maximum absolute atomic E-state index is 5.56. The first kappa shape index (κ1) is 12.2. The molecule has 0 radical (unpaired) electrons. The molecule has 1 rings (SSSR count). The number of hydrogen-bond acceptors (Lipinski definition) is 5. The van der Waals surface area contributed by atoms with Crippen LogP contribution < -0.4 is 10.5 Å². The molecule has 2 N–H and O–H groups in total. The van der Waals surface area contributed by atoms with Crippen LogP contribution in [0.25, 0.3) is 0 Å². The average molecular weight is 276 g/mol. The zero-order valence-corrected chi connectivity index (χ0v) is 10.3. The summed E-state index contributed by atoms with van der Waals surface area (Å²) in [5.41, 5.74) is 5.56. The highest BCUT2D eigenvalue weighted by atomic mass is 79.9. The van der Waals surface area contributed by atoms with Crippen molar-refractivity contribution in [3.05, 3.63) is 10.8 Å². The number of ether oxygens (including phenoxy) is 2. The first-order valence-electron chi connectivity index (χ1n) is 4.61. The molecular formula is C9H14BrN3O2.